The number of halogens is 1. The van der Waals surface area contributed by atoms with Gasteiger partial charge in [-0.25, -0.2) is 0 Å². The molecule has 2 atom stereocenters. The van der Waals surface area contributed by atoms with Crippen LogP contribution in [0.1, 0.15) is 18.1 Å². The van der Waals surface area contributed by atoms with Crippen molar-refractivity contribution >= 4 is 11.6 Å². The lowest BCUT2D eigenvalue weighted by molar-refractivity contribution is 0.129. The molecule has 0 aliphatic carbocycles. The van der Waals surface area contributed by atoms with Crippen LogP contribution in [0.5, 0.6) is 0 Å². The topological polar surface area (TPSA) is 58.3 Å². The van der Waals surface area contributed by atoms with Crippen LogP contribution in [0.2, 0.25) is 5.02 Å². The zero-order valence-corrected chi connectivity index (χ0v) is 9.54. The van der Waals surface area contributed by atoms with Crippen LogP contribution in [-0.4, -0.2) is 24.7 Å². The van der Waals surface area contributed by atoms with Crippen LogP contribution in [0.4, 0.5) is 0 Å². The fraction of sp³-hybridized carbons (Fsp3) is 0.455. The SMILES string of the molecule is CNC(CCN)C(O)c1cccc(Cl)c1. The van der Waals surface area contributed by atoms with Gasteiger partial charge in [-0.1, -0.05) is 23.7 Å². The first-order chi connectivity index (χ1) is 7.19. The highest BCUT2D eigenvalue weighted by Crippen LogP contribution is 2.21. The van der Waals surface area contributed by atoms with Gasteiger partial charge in [0.1, 0.15) is 0 Å². The van der Waals surface area contributed by atoms with Crippen molar-refractivity contribution in [2.24, 2.45) is 5.73 Å². The number of hydrogen-bond acceptors (Lipinski definition) is 3. The Hall–Kier alpha value is -0.610. The van der Waals surface area contributed by atoms with Gasteiger partial charge in [-0.05, 0) is 37.7 Å². The molecule has 84 valence electrons. The molecule has 3 nitrogen and oxygen atoms in total. The fourth-order valence-electron chi connectivity index (χ4n) is 1.56. The first-order valence-corrected chi connectivity index (χ1v) is 5.37. The van der Waals surface area contributed by atoms with E-state index in [1.807, 2.05) is 19.2 Å². The molecule has 0 amide bonds. The minimum absolute atomic E-state index is 0.0338. The van der Waals surface area contributed by atoms with Gasteiger partial charge in [0.15, 0.2) is 0 Å². The van der Waals surface area contributed by atoms with Gasteiger partial charge >= 0.3 is 0 Å². The molecule has 15 heavy (non-hydrogen) atoms. The number of aliphatic hydroxyl groups is 1. The first-order valence-electron chi connectivity index (χ1n) is 5.00. The van der Waals surface area contributed by atoms with E-state index in [0.717, 1.165) is 12.0 Å². The van der Waals surface area contributed by atoms with E-state index < -0.39 is 6.10 Å². The number of rotatable bonds is 5. The van der Waals surface area contributed by atoms with Gasteiger partial charge in [0.05, 0.1) is 6.10 Å². The average Bonchev–Trinajstić information content (AvgIpc) is 2.25. The second-order valence-electron chi connectivity index (χ2n) is 3.47. The Morgan fingerprint density at radius 3 is 2.80 bits per heavy atom. The highest BCUT2D eigenvalue weighted by atomic mass is 35.5. The van der Waals surface area contributed by atoms with Crippen LogP contribution >= 0.6 is 11.6 Å². The van der Waals surface area contributed by atoms with E-state index in [1.165, 1.54) is 0 Å². The number of aliphatic hydroxyl groups excluding tert-OH is 1. The minimum atomic E-state index is -0.572. The molecule has 0 bridgehead atoms. The lowest BCUT2D eigenvalue weighted by Crippen LogP contribution is -2.34. The third kappa shape index (κ3) is 3.47. The Balaban J connectivity index is 2.77. The van der Waals surface area contributed by atoms with Crippen molar-refractivity contribution in [3.05, 3.63) is 34.9 Å². The maximum Gasteiger partial charge on any atom is 0.0943 e. The van der Waals surface area contributed by atoms with Crippen molar-refractivity contribution in [2.75, 3.05) is 13.6 Å². The number of likely N-dealkylation sites (N-methyl/N-ethyl adjacent to an activating group) is 1. The summed E-state index contributed by atoms with van der Waals surface area (Å²) in [6.45, 7) is 0.545. The van der Waals surface area contributed by atoms with Gasteiger partial charge in [-0.2, -0.15) is 0 Å². The van der Waals surface area contributed by atoms with E-state index in [0.29, 0.717) is 11.6 Å². The van der Waals surface area contributed by atoms with Crippen LogP contribution in [-0.2, 0) is 0 Å². The van der Waals surface area contributed by atoms with Crippen molar-refractivity contribution in [2.45, 2.75) is 18.6 Å². The van der Waals surface area contributed by atoms with Gasteiger partial charge in [0, 0.05) is 11.1 Å². The summed E-state index contributed by atoms with van der Waals surface area (Å²) in [5, 5.41) is 13.7. The van der Waals surface area contributed by atoms with E-state index in [-0.39, 0.29) is 6.04 Å². The number of nitrogens with one attached hydrogen (secondary N) is 1. The summed E-state index contributed by atoms with van der Waals surface area (Å²) < 4.78 is 0. The Kier molecular flexibility index (Phi) is 5.05. The van der Waals surface area contributed by atoms with Crippen LogP contribution in [0, 0.1) is 0 Å². The maximum atomic E-state index is 10.1. The largest absolute Gasteiger partial charge is 0.387 e. The second-order valence-corrected chi connectivity index (χ2v) is 3.91. The van der Waals surface area contributed by atoms with Crippen LogP contribution in [0.3, 0.4) is 0 Å². The van der Waals surface area contributed by atoms with Gasteiger partial charge < -0.3 is 16.2 Å². The quantitative estimate of drug-likeness (QED) is 0.712. The summed E-state index contributed by atoms with van der Waals surface area (Å²) in [5.74, 6) is 0. The molecule has 4 N–H and O–H groups in total. The molecule has 4 heteroatoms. The number of hydrogen-bond donors (Lipinski definition) is 3. The first kappa shape index (κ1) is 12.5. The molecule has 0 aromatic heterocycles. The normalized spacial score (nSPS) is 14.9. The molecule has 1 rings (SSSR count). The molecule has 1 aromatic rings. The summed E-state index contributed by atoms with van der Waals surface area (Å²) >= 11 is 5.86. The monoisotopic (exact) mass is 228 g/mol. The molecule has 0 saturated carbocycles. The van der Waals surface area contributed by atoms with Crippen molar-refractivity contribution in [3.63, 3.8) is 0 Å². The molecular formula is C11H17ClN2O. The third-order valence-corrected chi connectivity index (χ3v) is 2.65. The molecule has 0 saturated heterocycles. The maximum absolute atomic E-state index is 10.1. The predicted octanol–water partition coefficient (Wildman–Crippen LogP) is 1.31. The smallest absolute Gasteiger partial charge is 0.0943 e. The molecule has 0 fully saturated rings. The van der Waals surface area contributed by atoms with Gasteiger partial charge in [-0.15, -0.1) is 0 Å². The molecule has 0 heterocycles. The van der Waals surface area contributed by atoms with E-state index >= 15 is 0 Å². The third-order valence-electron chi connectivity index (χ3n) is 2.42. The standard InChI is InChI=1S/C11H17ClN2O/c1-14-10(5-6-13)11(15)8-3-2-4-9(12)7-8/h2-4,7,10-11,14-15H,5-6,13H2,1H3. The lowest BCUT2D eigenvalue weighted by Gasteiger charge is -2.22. The molecule has 0 spiro atoms. The van der Waals surface area contributed by atoms with E-state index in [4.69, 9.17) is 17.3 Å². The van der Waals surface area contributed by atoms with Crippen LogP contribution in [0.25, 0.3) is 0 Å². The molecule has 0 radical (unpaired) electrons. The second kappa shape index (κ2) is 6.08. The highest BCUT2D eigenvalue weighted by Gasteiger charge is 2.18. The molecular weight excluding hydrogens is 212 g/mol. The van der Waals surface area contributed by atoms with Crippen LogP contribution in [0.15, 0.2) is 24.3 Å². The Morgan fingerprint density at radius 1 is 1.53 bits per heavy atom. The summed E-state index contributed by atoms with van der Waals surface area (Å²) in [5.41, 5.74) is 6.29. The van der Waals surface area contributed by atoms with Gasteiger partial charge in [0.2, 0.25) is 0 Å². The fourth-order valence-corrected chi connectivity index (χ4v) is 1.76. The van der Waals surface area contributed by atoms with E-state index in [1.54, 1.807) is 12.1 Å². The van der Waals surface area contributed by atoms with Crippen molar-refractivity contribution < 1.29 is 5.11 Å². The number of benzene rings is 1. The highest BCUT2D eigenvalue weighted by molar-refractivity contribution is 6.30. The summed E-state index contributed by atoms with van der Waals surface area (Å²) in [4.78, 5) is 0. The molecule has 0 aliphatic heterocycles. The average molecular weight is 229 g/mol. The van der Waals surface area contributed by atoms with Gasteiger partial charge in [0.25, 0.3) is 0 Å². The molecule has 1 aromatic carbocycles. The zero-order valence-electron chi connectivity index (χ0n) is 8.78. The van der Waals surface area contributed by atoms with Crippen molar-refractivity contribution in [1.29, 1.82) is 0 Å². The Bertz CT molecular complexity index is 306. The lowest BCUT2D eigenvalue weighted by atomic mass is 10.00. The summed E-state index contributed by atoms with van der Waals surface area (Å²) in [7, 11) is 1.81. The minimum Gasteiger partial charge on any atom is -0.387 e. The van der Waals surface area contributed by atoms with Crippen molar-refractivity contribution in [1.82, 2.24) is 5.32 Å². The van der Waals surface area contributed by atoms with Crippen molar-refractivity contribution in [3.8, 4) is 0 Å². The van der Waals surface area contributed by atoms with Crippen LogP contribution < -0.4 is 11.1 Å². The summed E-state index contributed by atoms with van der Waals surface area (Å²) in [6.07, 6.45) is 0.154. The number of nitrogens with two attached hydrogens (primary N) is 1. The van der Waals surface area contributed by atoms with E-state index in [2.05, 4.69) is 5.32 Å². The zero-order chi connectivity index (χ0) is 11.3. The Morgan fingerprint density at radius 2 is 2.27 bits per heavy atom. The molecule has 2 unspecified atom stereocenters. The summed E-state index contributed by atoms with van der Waals surface area (Å²) in [6, 6.07) is 7.21. The molecule has 0 aliphatic rings. The van der Waals surface area contributed by atoms with Gasteiger partial charge in [-0.3, -0.25) is 0 Å². The van der Waals surface area contributed by atoms with E-state index in [9.17, 15) is 5.11 Å². The predicted molar refractivity (Wildman–Crippen MR) is 62.9 cm³/mol. The Labute approximate surface area is 95.2 Å².